The van der Waals surface area contributed by atoms with Gasteiger partial charge in [-0.2, -0.15) is 5.26 Å². The van der Waals surface area contributed by atoms with Crippen molar-refractivity contribution in [2.45, 2.75) is 25.8 Å². The van der Waals surface area contributed by atoms with Gasteiger partial charge in [0.05, 0.1) is 0 Å². The van der Waals surface area contributed by atoms with Gasteiger partial charge < -0.3 is 0 Å². The second-order valence-corrected chi connectivity index (χ2v) is 3.49. The van der Waals surface area contributed by atoms with E-state index in [4.69, 9.17) is 5.26 Å². The van der Waals surface area contributed by atoms with Crippen LogP contribution in [-0.4, -0.2) is 20.1 Å². The van der Waals surface area contributed by atoms with Crippen LogP contribution in [0, 0.1) is 11.3 Å². The van der Waals surface area contributed by atoms with Crippen molar-refractivity contribution in [2.24, 2.45) is 0 Å². The van der Waals surface area contributed by atoms with Crippen LogP contribution in [-0.2, 0) is 6.54 Å². The topological polar surface area (TPSA) is 54.5 Å². The van der Waals surface area contributed by atoms with Gasteiger partial charge in [0.25, 0.3) is 5.82 Å². The fourth-order valence-corrected chi connectivity index (χ4v) is 1.40. The standard InChI is InChI=1S/C8H11BrN4/c9-4-2-1-3-5-13-7-11-8(6-10)12-13/h7H,1-5H2. The van der Waals surface area contributed by atoms with Crippen LogP contribution in [0.2, 0.25) is 0 Å². The summed E-state index contributed by atoms with van der Waals surface area (Å²) in [5.41, 5.74) is 0. The van der Waals surface area contributed by atoms with Crippen molar-refractivity contribution in [3.05, 3.63) is 12.2 Å². The molecule has 0 aliphatic rings. The molecule has 0 unspecified atom stereocenters. The molecule has 1 aromatic rings. The third kappa shape index (κ3) is 3.55. The molecule has 0 atom stereocenters. The van der Waals surface area contributed by atoms with Crippen molar-refractivity contribution < 1.29 is 0 Å². The molecule has 70 valence electrons. The van der Waals surface area contributed by atoms with Crippen LogP contribution in [0.5, 0.6) is 0 Å². The monoisotopic (exact) mass is 242 g/mol. The first-order chi connectivity index (χ1) is 6.36. The largest absolute Gasteiger partial charge is 0.252 e. The molecule has 0 radical (unpaired) electrons. The van der Waals surface area contributed by atoms with Gasteiger partial charge in [0.2, 0.25) is 0 Å². The Morgan fingerprint density at radius 3 is 2.92 bits per heavy atom. The molecule has 13 heavy (non-hydrogen) atoms. The predicted octanol–water partition coefficient (Wildman–Crippen LogP) is 1.71. The zero-order valence-corrected chi connectivity index (χ0v) is 8.87. The number of nitrogens with zero attached hydrogens (tertiary/aromatic N) is 4. The van der Waals surface area contributed by atoms with E-state index in [9.17, 15) is 0 Å². The van der Waals surface area contributed by atoms with E-state index in [-0.39, 0.29) is 5.82 Å². The summed E-state index contributed by atoms with van der Waals surface area (Å²) in [4.78, 5) is 3.82. The lowest BCUT2D eigenvalue weighted by Gasteiger charge is -1.98. The second-order valence-electron chi connectivity index (χ2n) is 2.69. The molecule has 0 amide bonds. The van der Waals surface area contributed by atoms with Crippen LogP contribution in [0.3, 0.4) is 0 Å². The summed E-state index contributed by atoms with van der Waals surface area (Å²) in [6, 6.07) is 1.90. The Labute approximate surface area is 85.7 Å². The van der Waals surface area contributed by atoms with Crippen LogP contribution in [0.15, 0.2) is 6.33 Å². The normalized spacial score (nSPS) is 9.85. The average molecular weight is 243 g/mol. The molecule has 0 N–H and O–H groups in total. The van der Waals surface area contributed by atoms with E-state index >= 15 is 0 Å². The van der Waals surface area contributed by atoms with Crippen LogP contribution in [0.1, 0.15) is 25.1 Å². The molecular weight excluding hydrogens is 232 g/mol. The lowest BCUT2D eigenvalue weighted by atomic mass is 10.2. The number of hydrogen-bond donors (Lipinski definition) is 0. The Morgan fingerprint density at radius 1 is 1.46 bits per heavy atom. The maximum atomic E-state index is 8.47. The first-order valence-electron chi connectivity index (χ1n) is 4.22. The van der Waals surface area contributed by atoms with Gasteiger partial charge in [0, 0.05) is 11.9 Å². The van der Waals surface area contributed by atoms with E-state index in [1.165, 1.54) is 12.8 Å². The minimum absolute atomic E-state index is 0.250. The van der Waals surface area contributed by atoms with Crippen molar-refractivity contribution in [1.29, 1.82) is 5.26 Å². The Hall–Kier alpha value is -0.890. The van der Waals surface area contributed by atoms with E-state index < -0.39 is 0 Å². The van der Waals surface area contributed by atoms with Gasteiger partial charge >= 0.3 is 0 Å². The fourth-order valence-electron chi connectivity index (χ4n) is 0.999. The molecule has 0 aliphatic carbocycles. The number of alkyl halides is 1. The van der Waals surface area contributed by atoms with Crippen molar-refractivity contribution in [3.8, 4) is 6.07 Å². The summed E-state index contributed by atoms with van der Waals surface area (Å²) in [6.07, 6.45) is 5.04. The number of aromatic nitrogens is 3. The minimum atomic E-state index is 0.250. The van der Waals surface area contributed by atoms with Gasteiger partial charge in [0.15, 0.2) is 0 Å². The van der Waals surface area contributed by atoms with Crippen molar-refractivity contribution in [2.75, 3.05) is 5.33 Å². The molecule has 0 spiro atoms. The first-order valence-corrected chi connectivity index (χ1v) is 5.34. The summed E-state index contributed by atoms with van der Waals surface area (Å²) >= 11 is 3.37. The molecule has 5 heteroatoms. The molecule has 0 saturated carbocycles. The van der Waals surface area contributed by atoms with Crippen molar-refractivity contribution in [1.82, 2.24) is 14.8 Å². The highest BCUT2D eigenvalue weighted by atomic mass is 79.9. The highest BCUT2D eigenvalue weighted by Crippen LogP contribution is 2.00. The van der Waals surface area contributed by atoms with Crippen molar-refractivity contribution in [3.63, 3.8) is 0 Å². The van der Waals surface area contributed by atoms with Gasteiger partial charge in [-0.25, -0.2) is 4.98 Å². The number of halogens is 1. The van der Waals surface area contributed by atoms with E-state index in [2.05, 4.69) is 26.0 Å². The summed E-state index contributed by atoms with van der Waals surface area (Å²) in [5.74, 6) is 0.250. The van der Waals surface area contributed by atoms with Gasteiger partial charge in [0.1, 0.15) is 12.4 Å². The quantitative estimate of drug-likeness (QED) is 0.584. The molecule has 0 saturated heterocycles. The zero-order valence-electron chi connectivity index (χ0n) is 7.28. The average Bonchev–Trinajstić information content (AvgIpc) is 2.60. The van der Waals surface area contributed by atoms with E-state index in [0.717, 1.165) is 18.3 Å². The molecule has 4 nitrogen and oxygen atoms in total. The summed E-state index contributed by atoms with van der Waals surface area (Å²) < 4.78 is 1.72. The van der Waals surface area contributed by atoms with Gasteiger partial charge in [-0.15, -0.1) is 5.10 Å². The summed E-state index contributed by atoms with van der Waals surface area (Å²) in [6.45, 7) is 0.849. The third-order valence-electron chi connectivity index (χ3n) is 1.66. The zero-order chi connectivity index (χ0) is 9.52. The Morgan fingerprint density at radius 2 is 2.31 bits per heavy atom. The van der Waals surface area contributed by atoms with E-state index in [0.29, 0.717) is 0 Å². The third-order valence-corrected chi connectivity index (χ3v) is 2.22. The van der Waals surface area contributed by atoms with Crippen LogP contribution in [0.25, 0.3) is 0 Å². The molecular formula is C8H11BrN4. The molecule has 0 bridgehead atoms. The highest BCUT2D eigenvalue weighted by molar-refractivity contribution is 9.09. The van der Waals surface area contributed by atoms with Crippen LogP contribution in [0.4, 0.5) is 0 Å². The highest BCUT2D eigenvalue weighted by Gasteiger charge is 1.97. The lowest BCUT2D eigenvalue weighted by Crippen LogP contribution is -1.98. The predicted molar refractivity (Wildman–Crippen MR) is 52.4 cm³/mol. The number of unbranched alkanes of at least 4 members (excludes halogenated alkanes) is 2. The SMILES string of the molecule is N#Cc1ncn(CCCCCBr)n1. The molecule has 1 rings (SSSR count). The smallest absolute Gasteiger partial charge is 0.252 e. The molecule has 1 heterocycles. The Bertz CT molecular complexity index is 289. The first kappa shape index (κ1) is 10.2. The number of rotatable bonds is 5. The van der Waals surface area contributed by atoms with Gasteiger partial charge in [-0.3, -0.25) is 4.68 Å². The summed E-state index contributed by atoms with van der Waals surface area (Å²) in [7, 11) is 0. The number of aryl methyl sites for hydroxylation is 1. The Balaban J connectivity index is 2.25. The maximum absolute atomic E-state index is 8.47. The maximum Gasteiger partial charge on any atom is 0.252 e. The molecule has 1 aromatic heterocycles. The van der Waals surface area contributed by atoms with Crippen LogP contribution < -0.4 is 0 Å². The van der Waals surface area contributed by atoms with Crippen molar-refractivity contribution >= 4 is 15.9 Å². The van der Waals surface area contributed by atoms with Crippen LogP contribution >= 0.6 is 15.9 Å². The Kier molecular flexibility index (Phi) is 4.47. The van der Waals surface area contributed by atoms with E-state index in [1.54, 1.807) is 11.0 Å². The number of hydrogen-bond acceptors (Lipinski definition) is 3. The van der Waals surface area contributed by atoms with E-state index in [1.807, 2.05) is 6.07 Å². The van der Waals surface area contributed by atoms with Gasteiger partial charge in [-0.1, -0.05) is 22.4 Å². The number of nitriles is 1. The second kappa shape index (κ2) is 5.70. The molecule has 0 aromatic carbocycles. The van der Waals surface area contributed by atoms with Gasteiger partial charge in [-0.05, 0) is 12.8 Å². The fraction of sp³-hybridized carbons (Fsp3) is 0.625. The summed E-state index contributed by atoms with van der Waals surface area (Å²) in [5, 5.41) is 13.5. The minimum Gasteiger partial charge on any atom is -0.252 e. The molecule has 0 aliphatic heterocycles. The molecule has 0 fully saturated rings. The lowest BCUT2D eigenvalue weighted by molar-refractivity contribution is 0.553.